The standard InChI is InChI=1S/C26H27BrN2O3S/c1-18-9-10-19(2)25(13-18)33(31,32)28(16-21-7-5-4-6-8-21)17-26(30)29-20(3)14-22-15-23(27)11-12-24(22)29/h4-13,15,20H,14,16-17H2,1-3H3/t20-/m1/s1. The van der Waals surface area contributed by atoms with Crippen molar-refractivity contribution in [3.8, 4) is 0 Å². The van der Waals surface area contributed by atoms with Gasteiger partial charge in [-0.15, -0.1) is 0 Å². The molecule has 0 saturated carbocycles. The van der Waals surface area contributed by atoms with Crippen molar-refractivity contribution in [3.05, 3.63) is 93.5 Å². The van der Waals surface area contributed by atoms with Crippen LogP contribution < -0.4 is 4.90 Å². The van der Waals surface area contributed by atoms with Crippen molar-refractivity contribution in [2.45, 2.75) is 44.7 Å². The fourth-order valence-electron chi connectivity index (χ4n) is 4.34. The Balaban J connectivity index is 1.70. The molecule has 4 rings (SSSR count). The molecule has 0 aliphatic carbocycles. The summed E-state index contributed by atoms with van der Waals surface area (Å²) in [7, 11) is -3.90. The minimum Gasteiger partial charge on any atom is -0.308 e. The van der Waals surface area contributed by atoms with Gasteiger partial charge in [-0.1, -0.05) is 58.4 Å². The van der Waals surface area contributed by atoms with Gasteiger partial charge < -0.3 is 4.90 Å². The van der Waals surface area contributed by atoms with E-state index in [9.17, 15) is 13.2 Å². The highest BCUT2D eigenvalue weighted by atomic mass is 79.9. The summed E-state index contributed by atoms with van der Waals surface area (Å²) in [6, 6.07) is 20.6. The molecule has 0 bridgehead atoms. The van der Waals surface area contributed by atoms with Gasteiger partial charge in [-0.3, -0.25) is 4.79 Å². The van der Waals surface area contributed by atoms with Gasteiger partial charge in [0, 0.05) is 22.7 Å². The summed E-state index contributed by atoms with van der Waals surface area (Å²) < 4.78 is 29.8. The Morgan fingerprint density at radius 1 is 1.06 bits per heavy atom. The minimum absolute atomic E-state index is 0.0382. The zero-order valence-electron chi connectivity index (χ0n) is 19.0. The van der Waals surface area contributed by atoms with E-state index in [2.05, 4.69) is 15.9 Å². The summed E-state index contributed by atoms with van der Waals surface area (Å²) in [5, 5.41) is 0. The van der Waals surface area contributed by atoms with E-state index in [4.69, 9.17) is 0 Å². The summed E-state index contributed by atoms with van der Waals surface area (Å²) in [5.41, 5.74) is 4.28. The summed E-state index contributed by atoms with van der Waals surface area (Å²) in [4.78, 5) is 15.5. The maximum Gasteiger partial charge on any atom is 0.244 e. The second-order valence-electron chi connectivity index (χ2n) is 8.62. The predicted octanol–water partition coefficient (Wildman–Crippen LogP) is 5.23. The SMILES string of the molecule is Cc1ccc(C)c(S(=O)(=O)N(CC(=O)N2c3ccc(Br)cc3C[C@H]2C)Cc2ccccc2)c1. The van der Waals surface area contributed by atoms with E-state index >= 15 is 0 Å². The Hall–Kier alpha value is -2.48. The van der Waals surface area contributed by atoms with Gasteiger partial charge in [0.15, 0.2) is 0 Å². The van der Waals surface area contributed by atoms with Crippen LogP contribution >= 0.6 is 15.9 Å². The van der Waals surface area contributed by atoms with Crippen molar-refractivity contribution in [3.63, 3.8) is 0 Å². The van der Waals surface area contributed by atoms with Crippen molar-refractivity contribution < 1.29 is 13.2 Å². The van der Waals surface area contributed by atoms with Crippen LogP contribution in [0.25, 0.3) is 0 Å². The van der Waals surface area contributed by atoms with E-state index < -0.39 is 10.0 Å². The first kappa shape index (κ1) is 23.7. The van der Waals surface area contributed by atoms with E-state index in [1.165, 1.54) is 4.31 Å². The molecule has 0 aromatic heterocycles. The van der Waals surface area contributed by atoms with Crippen LogP contribution in [-0.4, -0.2) is 31.2 Å². The number of rotatable bonds is 6. The largest absolute Gasteiger partial charge is 0.308 e. The lowest BCUT2D eigenvalue weighted by atomic mass is 10.1. The maximum absolute atomic E-state index is 13.8. The second-order valence-corrected chi connectivity index (χ2v) is 11.4. The third kappa shape index (κ3) is 4.90. The summed E-state index contributed by atoms with van der Waals surface area (Å²) in [5.74, 6) is -0.228. The molecular weight excluding hydrogens is 500 g/mol. The number of hydrogen-bond donors (Lipinski definition) is 0. The van der Waals surface area contributed by atoms with Crippen molar-refractivity contribution in [1.29, 1.82) is 0 Å². The highest BCUT2D eigenvalue weighted by Crippen LogP contribution is 2.34. The Morgan fingerprint density at radius 2 is 1.79 bits per heavy atom. The Morgan fingerprint density at radius 3 is 2.52 bits per heavy atom. The molecule has 3 aromatic rings. The second kappa shape index (κ2) is 9.41. The van der Waals surface area contributed by atoms with Crippen LogP contribution in [-0.2, 0) is 27.8 Å². The molecule has 1 amide bonds. The molecule has 1 aliphatic rings. The number of amides is 1. The Labute approximate surface area is 204 Å². The fraction of sp³-hybridized carbons (Fsp3) is 0.269. The zero-order chi connectivity index (χ0) is 23.8. The third-order valence-electron chi connectivity index (χ3n) is 6.00. The van der Waals surface area contributed by atoms with Crippen LogP contribution in [0.15, 0.2) is 76.1 Å². The van der Waals surface area contributed by atoms with E-state index in [-0.39, 0.29) is 29.9 Å². The monoisotopic (exact) mass is 526 g/mol. The molecule has 172 valence electrons. The normalized spacial score (nSPS) is 15.7. The lowest BCUT2D eigenvalue weighted by molar-refractivity contribution is -0.119. The topological polar surface area (TPSA) is 57.7 Å². The number of fused-ring (bicyclic) bond motifs is 1. The number of hydrogen-bond acceptors (Lipinski definition) is 3. The first-order valence-corrected chi connectivity index (χ1v) is 13.1. The molecule has 1 atom stereocenters. The average molecular weight is 527 g/mol. The van der Waals surface area contributed by atoms with Crippen molar-refractivity contribution in [1.82, 2.24) is 4.31 Å². The highest BCUT2D eigenvalue weighted by molar-refractivity contribution is 9.10. The first-order chi connectivity index (χ1) is 15.7. The van der Waals surface area contributed by atoms with Crippen LogP contribution in [0.5, 0.6) is 0 Å². The quantitative estimate of drug-likeness (QED) is 0.441. The summed E-state index contributed by atoms with van der Waals surface area (Å²) in [6.07, 6.45) is 0.739. The van der Waals surface area contributed by atoms with Crippen molar-refractivity contribution >= 4 is 37.5 Å². The Kier molecular flexibility index (Phi) is 6.75. The van der Waals surface area contributed by atoms with Gasteiger partial charge in [0.25, 0.3) is 0 Å². The molecule has 0 spiro atoms. The van der Waals surface area contributed by atoms with Crippen LogP contribution in [0.3, 0.4) is 0 Å². The third-order valence-corrected chi connectivity index (χ3v) is 8.43. The number of aryl methyl sites for hydroxylation is 2. The van der Waals surface area contributed by atoms with Crippen molar-refractivity contribution in [2.24, 2.45) is 0 Å². The van der Waals surface area contributed by atoms with Crippen molar-refractivity contribution in [2.75, 3.05) is 11.4 Å². The lowest BCUT2D eigenvalue weighted by Gasteiger charge is -2.28. The van der Waals surface area contributed by atoms with Crippen LogP contribution in [0.4, 0.5) is 5.69 Å². The number of carbonyl (C=O) groups is 1. The average Bonchev–Trinajstić information content (AvgIpc) is 3.10. The van der Waals surface area contributed by atoms with E-state index in [0.717, 1.165) is 33.3 Å². The zero-order valence-corrected chi connectivity index (χ0v) is 21.4. The van der Waals surface area contributed by atoms with Crippen LogP contribution in [0, 0.1) is 13.8 Å². The number of benzene rings is 3. The summed E-state index contributed by atoms with van der Waals surface area (Å²) in [6.45, 7) is 5.53. The smallest absolute Gasteiger partial charge is 0.244 e. The molecule has 1 heterocycles. The first-order valence-electron chi connectivity index (χ1n) is 10.9. The number of nitrogens with zero attached hydrogens (tertiary/aromatic N) is 2. The fourth-order valence-corrected chi connectivity index (χ4v) is 6.44. The van der Waals surface area contributed by atoms with Gasteiger partial charge in [-0.05, 0) is 73.7 Å². The van der Waals surface area contributed by atoms with Crippen LogP contribution in [0.2, 0.25) is 0 Å². The summed E-state index contributed by atoms with van der Waals surface area (Å²) >= 11 is 3.49. The van der Waals surface area contributed by atoms with Gasteiger partial charge in [0.05, 0.1) is 11.4 Å². The number of halogens is 1. The number of carbonyl (C=O) groups excluding carboxylic acids is 1. The molecule has 33 heavy (non-hydrogen) atoms. The Bertz CT molecular complexity index is 1290. The van der Waals surface area contributed by atoms with Gasteiger partial charge in [-0.2, -0.15) is 4.31 Å². The van der Waals surface area contributed by atoms with E-state index in [1.54, 1.807) is 24.0 Å². The molecule has 0 fully saturated rings. The molecule has 0 saturated heterocycles. The molecule has 0 N–H and O–H groups in total. The van der Waals surface area contributed by atoms with Gasteiger partial charge in [0.1, 0.15) is 0 Å². The molecule has 5 nitrogen and oxygen atoms in total. The molecule has 0 radical (unpaired) electrons. The highest BCUT2D eigenvalue weighted by Gasteiger charge is 2.35. The van der Waals surface area contributed by atoms with E-state index in [0.29, 0.717) is 5.56 Å². The maximum atomic E-state index is 13.8. The predicted molar refractivity (Wildman–Crippen MR) is 135 cm³/mol. The molecule has 1 aliphatic heterocycles. The number of anilines is 1. The van der Waals surface area contributed by atoms with E-state index in [1.807, 2.05) is 68.4 Å². The lowest BCUT2D eigenvalue weighted by Crippen LogP contribution is -2.45. The molecule has 7 heteroatoms. The van der Waals surface area contributed by atoms with Gasteiger partial charge >= 0.3 is 0 Å². The van der Waals surface area contributed by atoms with Crippen LogP contribution in [0.1, 0.15) is 29.2 Å². The molecule has 0 unspecified atom stereocenters. The number of sulfonamides is 1. The van der Waals surface area contributed by atoms with Gasteiger partial charge in [0.2, 0.25) is 15.9 Å². The van der Waals surface area contributed by atoms with Gasteiger partial charge in [-0.25, -0.2) is 8.42 Å². The molecule has 3 aromatic carbocycles. The molecular formula is C26H27BrN2O3S. The minimum atomic E-state index is -3.90.